The Hall–Kier alpha value is -2.24. The Morgan fingerprint density at radius 1 is 1.50 bits per heavy atom. The fraction of sp³-hybridized carbons (Fsp3) is 0.333. The topological polar surface area (TPSA) is 86.2 Å². The van der Waals surface area contributed by atoms with Gasteiger partial charge >= 0.3 is 0 Å². The average Bonchev–Trinajstić information content (AvgIpc) is 2.82. The van der Waals surface area contributed by atoms with E-state index in [2.05, 4.69) is 15.3 Å². The van der Waals surface area contributed by atoms with E-state index in [1.165, 1.54) is 13.4 Å². The lowest BCUT2D eigenvalue weighted by Crippen LogP contribution is -2.19. The molecule has 0 saturated heterocycles. The SMILES string of the molecule is COc1c(N)ncnc1NC(C)Cc1ccco1. The molecule has 0 radical (unpaired) electrons. The number of methoxy groups -OCH3 is 1. The highest BCUT2D eigenvalue weighted by atomic mass is 16.5. The molecule has 1 atom stereocenters. The van der Waals surface area contributed by atoms with Crippen LogP contribution in [-0.2, 0) is 6.42 Å². The van der Waals surface area contributed by atoms with Crippen LogP contribution in [0.1, 0.15) is 12.7 Å². The fourth-order valence-corrected chi connectivity index (χ4v) is 1.71. The third-order valence-corrected chi connectivity index (χ3v) is 2.51. The maximum absolute atomic E-state index is 5.71. The van der Waals surface area contributed by atoms with Crippen molar-refractivity contribution in [3.63, 3.8) is 0 Å². The van der Waals surface area contributed by atoms with Crippen LogP contribution in [0.5, 0.6) is 5.75 Å². The highest BCUT2D eigenvalue weighted by Gasteiger charge is 2.13. The maximum Gasteiger partial charge on any atom is 0.203 e. The van der Waals surface area contributed by atoms with Crippen LogP contribution in [0.3, 0.4) is 0 Å². The second-order valence-corrected chi connectivity index (χ2v) is 3.97. The third-order valence-electron chi connectivity index (χ3n) is 2.51. The Bertz CT molecular complexity index is 499. The fourth-order valence-electron chi connectivity index (χ4n) is 1.71. The van der Waals surface area contributed by atoms with Crippen molar-refractivity contribution in [2.75, 3.05) is 18.2 Å². The molecule has 6 heteroatoms. The number of nitrogen functional groups attached to an aromatic ring is 1. The van der Waals surface area contributed by atoms with Gasteiger partial charge in [-0.3, -0.25) is 0 Å². The van der Waals surface area contributed by atoms with E-state index in [9.17, 15) is 0 Å². The van der Waals surface area contributed by atoms with Crippen molar-refractivity contribution < 1.29 is 9.15 Å². The summed E-state index contributed by atoms with van der Waals surface area (Å²) in [6.07, 6.45) is 3.81. The first-order valence-corrected chi connectivity index (χ1v) is 5.64. The molecule has 2 aromatic heterocycles. The molecule has 0 aliphatic heterocycles. The van der Waals surface area contributed by atoms with Gasteiger partial charge in [-0.2, -0.15) is 0 Å². The monoisotopic (exact) mass is 248 g/mol. The van der Waals surface area contributed by atoms with E-state index in [0.29, 0.717) is 17.4 Å². The van der Waals surface area contributed by atoms with Crippen molar-refractivity contribution in [1.29, 1.82) is 0 Å². The molecule has 0 spiro atoms. The molecule has 2 rings (SSSR count). The van der Waals surface area contributed by atoms with Gasteiger partial charge in [0.05, 0.1) is 13.4 Å². The first-order chi connectivity index (χ1) is 8.70. The molecule has 1 unspecified atom stereocenters. The zero-order chi connectivity index (χ0) is 13.0. The summed E-state index contributed by atoms with van der Waals surface area (Å²) < 4.78 is 10.5. The van der Waals surface area contributed by atoms with E-state index in [1.54, 1.807) is 6.26 Å². The molecule has 0 amide bonds. The molecule has 0 bridgehead atoms. The van der Waals surface area contributed by atoms with E-state index in [-0.39, 0.29) is 6.04 Å². The number of furan rings is 1. The number of aromatic nitrogens is 2. The van der Waals surface area contributed by atoms with Crippen LogP contribution >= 0.6 is 0 Å². The van der Waals surface area contributed by atoms with Gasteiger partial charge in [-0.05, 0) is 19.1 Å². The molecule has 2 aromatic rings. The van der Waals surface area contributed by atoms with Gasteiger partial charge < -0.3 is 20.2 Å². The third kappa shape index (κ3) is 2.71. The molecule has 0 aliphatic rings. The number of anilines is 2. The van der Waals surface area contributed by atoms with Gasteiger partial charge in [-0.1, -0.05) is 0 Å². The number of rotatable bonds is 5. The summed E-state index contributed by atoms with van der Waals surface area (Å²) in [4.78, 5) is 8.00. The van der Waals surface area contributed by atoms with Crippen LogP contribution in [0.15, 0.2) is 29.1 Å². The standard InChI is InChI=1S/C12H16N4O2/c1-8(6-9-4-3-5-18-9)16-12-10(17-2)11(13)14-7-15-12/h3-5,7-8H,6H2,1-2H3,(H3,13,14,15,16). The molecule has 3 N–H and O–H groups in total. The summed E-state index contributed by atoms with van der Waals surface area (Å²) in [6, 6.07) is 3.94. The predicted octanol–water partition coefficient (Wildman–Crippen LogP) is 1.70. The Morgan fingerprint density at radius 2 is 2.33 bits per heavy atom. The first kappa shape index (κ1) is 12.2. The summed E-state index contributed by atoms with van der Waals surface area (Å²) in [5.74, 6) is 2.28. The van der Waals surface area contributed by atoms with Crippen molar-refractivity contribution >= 4 is 11.6 Å². The molecular formula is C12H16N4O2. The second kappa shape index (κ2) is 5.39. The van der Waals surface area contributed by atoms with E-state index in [1.807, 2.05) is 19.1 Å². The molecule has 0 aliphatic carbocycles. The highest BCUT2D eigenvalue weighted by molar-refractivity contribution is 5.61. The van der Waals surface area contributed by atoms with Crippen molar-refractivity contribution in [2.24, 2.45) is 0 Å². The Balaban J connectivity index is 2.07. The van der Waals surface area contributed by atoms with Gasteiger partial charge in [0.25, 0.3) is 0 Å². The number of hydrogen-bond acceptors (Lipinski definition) is 6. The van der Waals surface area contributed by atoms with E-state index >= 15 is 0 Å². The number of ether oxygens (including phenoxy) is 1. The lowest BCUT2D eigenvalue weighted by molar-refractivity contribution is 0.414. The summed E-state index contributed by atoms with van der Waals surface area (Å²) in [5.41, 5.74) is 5.71. The van der Waals surface area contributed by atoms with Crippen LogP contribution in [-0.4, -0.2) is 23.1 Å². The summed E-state index contributed by atoms with van der Waals surface area (Å²) in [6.45, 7) is 2.03. The number of nitrogens with zero attached hydrogens (tertiary/aromatic N) is 2. The van der Waals surface area contributed by atoms with Gasteiger partial charge in [-0.15, -0.1) is 0 Å². The minimum atomic E-state index is 0.138. The molecule has 6 nitrogen and oxygen atoms in total. The zero-order valence-electron chi connectivity index (χ0n) is 10.4. The van der Waals surface area contributed by atoms with Crippen molar-refractivity contribution in [1.82, 2.24) is 9.97 Å². The molecular weight excluding hydrogens is 232 g/mol. The van der Waals surface area contributed by atoms with Gasteiger partial charge in [0.1, 0.15) is 12.1 Å². The van der Waals surface area contributed by atoms with Crippen molar-refractivity contribution in [2.45, 2.75) is 19.4 Å². The van der Waals surface area contributed by atoms with Crippen LogP contribution in [0.4, 0.5) is 11.6 Å². The smallest absolute Gasteiger partial charge is 0.203 e. The first-order valence-electron chi connectivity index (χ1n) is 5.64. The molecule has 2 heterocycles. The van der Waals surface area contributed by atoms with Crippen LogP contribution in [0, 0.1) is 0 Å². The summed E-state index contributed by atoms with van der Waals surface area (Å²) >= 11 is 0. The number of nitrogens with two attached hydrogens (primary N) is 1. The van der Waals surface area contributed by atoms with Gasteiger partial charge in [0.2, 0.25) is 5.75 Å². The van der Waals surface area contributed by atoms with Gasteiger partial charge in [0, 0.05) is 12.5 Å². The van der Waals surface area contributed by atoms with E-state index < -0.39 is 0 Å². The maximum atomic E-state index is 5.71. The summed E-state index contributed by atoms with van der Waals surface area (Å²) in [5, 5.41) is 3.22. The lowest BCUT2D eigenvalue weighted by atomic mass is 10.2. The van der Waals surface area contributed by atoms with Crippen LogP contribution in [0.2, 0.25) is 0 Å². The average molecular weight is 248 g/mol. The molecule has 96 valence electrons. The van der Waals surface area contributed by atoms with Gasteiger partial charge in [0.15, 0.2) is 11.6 Å². The summed E-state index contributed by atoms with van der Waals surface area (Å²) in [7, 11) is 1.54. The molecule has 0 saturated carbocycles. The second-order valence-electron chi connectivity index (χ2n) is 3.97. The molecule has 18 heavy (non-hydrogen) atoms. The molecule has 0 fully saturated rings. The number of nitrogens with one attached hydrogen (secondary N) is 1. The number of hydrogen-bond donors (Lipinski definition) is 2. The minimum Gasteiger partial charge on any atom is -0.490 e. The van der Waals surface area contributed by atoms with E-state index in [4.69, 9.17) is 14.9 Å². The molecule has 0 aromatic carbocycles. The highest BCUT2D eigenvalue weighted by Crippen LogP contribution is 2.27. The quantitative estimate of drug-likeness (QED) is 0.837. The van der Waals surface area contributed by atoms with Crippen molar-refractivity contribution in [3.05, 3.63) is 30.5 Å². The van der Waals surface area contributed by atoms with Crippen LogP contribution < -0.4 is 15.8 Å². The Kier molecular flexibility index (Phi) is 3.66. The lowest BCUT2D eigenvalue weighted by Gasteiger charge is -2.15. The minimum absolute atomic E-state index is 0.138. The van der Waals surface area contributed by atoms with E-state index in [0.717, 1.165) is 12.2 Å². The van der Waals surface area contributed by atoms with Crippen LogP contribution in [0.25, 0.3) is 0 Å². The zero-order valence-corrected chi connectivity index (χ0v) is 10.4. The predicted molar refractivity (Wildman–Crippen MR) is 68.5 cm³/mol. The Morgan fingerprint density at radius 3 is 3.00 bits per heavy atom. The Labute approximate surface area is 105 Å². The normalized spacial score (nSPS) is 12.1. The van der Waals surface area contributed by atoms with Gasteiger partial charge in [-0.25, -0.2) is 9.97 Å². The van der Waals surface area contributed by atoms with Crippen molar-refractivity contribution in [3.8, 4) is 5.75 Å². The largest absolute Gasteiger partial charge is 0.490 e.